The maximum atomic E-state index is 15.4. The van der Waals surface area contributed by atoms with Gasteiger partial charge < -0.3 is 24.4 Å². The molecule has 2 aliphatic heterocycles. The molecule has 2 aromatic rings. The minimum absolute atomic E-state index is 0.0437. The third kappa shape index (κ3) is 4.48. The predicted octanol–water partition coefficient (Wildman–Crippen LogP) is 4.13. The van der Waals surface area contributed by atoms with Gasteiger partial charge in [0.1, 0.15) is 5.84 Å². The summed E-state index contributed by atoms with van der Waals surface area (Å²) in [6.07, 6.45) is -0.229. The van der Waals surface area contributed by atoms with E-state index >= 15 is 4.39 Å². The molecule has 2 N–H and O–H groups in total. The Morgan fingerprint density at radius 2 is 1.84 bits per heavy atom. The molecule has 38 heavy (non-hydrogen) atoms. The summed E-state index contributed by atoms with van der Waals surface area (Å²) in [5.74, 6) is -2.15. The number of rotatable bonds is 9. The fourth-order valence-corrected chi connectivity index (χ4v) is 5.43. The van der Waals surface area contributed by atoms with Crippen LogP contribution in [0.25, 0.3) is 0 Å². The van der Waals surface area contributed by atoms with Gasteiger partial charge in [0, 0.05) is 30.1 Å². The standard InChI is InChI=1S/C28H32FN3O6/c1-6-37-21-11-17-13-31(27(30)24(17)25(29)26(21)38-7-2)14-20(34)16-8-9-19-18(10-16)28(4,5)22(12-23(35)36)32(19)15(3)33/h8-11,22,30H,6-7,12-14H2,1-5H3,(H,35,36). The maximum Gasteiger partial charge on any atom is 0.305 e. The molecule has 0 saturated carbocycles. The number of anilines is 1. The zero-order valence-electron chi connectivity index (χ0n) is 22.2. The van der Waals surface area contributed by atoms with Gasteiger partial charge in [0.05, 0.1) is 37.8 Å². The Hall–Kier alpha value is -3.95. The molecular weight excluding hydrogens is 493 g/mol. The van der Waals surface area contributed by atoms with Gasteiger partial charge >= 0.3 is 5.97 Å². The van der Waals surface area contributed by atoms with Crippen LogP contribution in [0.1, 0.15) is 68.1 Å². The highest BCUT2D eigenvalue weighted by atomic mass is 19.1. The van der Waals surface area contributed by atoms with Gasteiger partial charge in [-0.25, -0.2) is 4.39 Å². The minimum atomic E-state index is -1.02. The zero-order chi connectivity index (χ0) is 27.9. The fraction of sp³-hybridized carbons (Fsp3) is 0.429. The van der Waals surface area contributed by atoms with Crippen molar-refractivity contribution < 1.29 is 33.4 Å². The summed E-state index contributed by atoms with van der Waals surface area (Å²) in [6, 6.07) is 6.03. The molecule has 1 atom stereocenters. The van der Waals surface area contributed by atoms with Crippen LogP contribution in [-0.2, 0) is 21.5 Å². The van der Waals surface area contributed by atoms with E-state index in [9.17, 15) is 19.5 Å². The Bertz CT molecular complexity index is 1340. The Labute approximate surface area is 220 Å². The number of halogens is 1. The van der Waals surface area contributed by atoms with Gasteiger partial charge in [0.25, 0.3) is 0 Å². The molecule has 0 aromatic heterocycles. The molecule has 1 amide bonds. The van der Waals surface area contributed by atoms with Crippen molar-refractivity contribution in [1.82, 2.24) is 4.90 Å². The first kappa shape index (κ1) is 27.1. The molecule has 10 heteroatoms. The van der Waals surface area contributed by atoms with E-state index in [0.717, 1.165) is 0 Å². The number of ketones is 1. The second-order valence-corrected chi connectivity index (χ2v) is 10.0. The smallest absolute Gasteiger partial charge is 0.305 e. The van der Waals surface area contributed by atoms with E-state index in [1.54, 1.807) is 38.1 Å². The van der Waals surface area contributed by atoms with Gasteiger partial charge in [-0.1, -0.05) is 13.8 Å². The first-order valence-corrected chi connectivity index (χ1v) is 12.6. The molecule has 0 fully saturated rings. The number of carbonyl (C=O) groups is 3. The molecule has 1 unspecified atom stereocenters. The molecule has 0 spiro atoms. The molecule has 0 bridgehead atoms. The first-order valence-electron chi connectivity index (χ1n) is 12.6. The van der Waals surface area contributed by atoms with Crippen molar-refractivity contribution >= 4 is 29.2 Å². The van der Waals surface area contributed by atoms with E-state index in [0.29, 0.717) is 29.0 Å². The molecule has 0 radical (unpaired) electrons. The van der Waals surface area contributed by atoms with Crippen molar-refractivity contribution in [1.29, 1.82) is 5.41 Å². The predicted molar refractivity (Wildman–Crippen MR) is 139 cm³/mol. The Balaban J connectivity index is 1.61. The Morgan fingerprint density at radius 3 is 2.45 bits per heavy atom. The number of amides is 1. The molecule has 202 valence electrons. The maximum absolute atomic E-state index is 15.4. The summed E-state index contributed by atoms with van der Waals surface area (Å²) in [4.78, 5) is 40.3. The number of carboxylic acid groups (broad SMARTS) is 1. The van der Waals surface area contributed by atoms with Gasteiger partial charge in [0.15, 0.2) is 23.1 Å². The van der Waals surface area contributed by atoms with Crippen LogP contribution in [-0.4, -0.2) is 59.3 Å². The van der Waals surface area contributed by atoms with Crippen molar-refractivity contribution in [2.45, 2.75) is 59.0 Å². The van der Waals surface area contributed by atoms with Crippen molar-refractivity contribution in [2.75, 3.05) is 24.7 Å². The lowest BCUT2D eigenvalue weighted by molar-refractivity contribution is -0.137. The van der Waals surface area contributed by atoms with Crippen molar-refractivity contribution in [3.05, 3.63) is 52.3 Å². The minimum Gasteiger partial charge on any atom is -0.490 e. The number of carbonyl (C=O) groups excluding carboxylic acids is 2. The number of ether oxygens (including phenoxy) is 2. The second kappa shape index (κ2) is 10.1. The average Bonchev–Trinajstić information content (AvgIpc) is 3.26. The molecule has 4 rings (SSSR count). The quantitative estimate of drug-likeness (QED) is 0.472. The lowest BCUT2D eigenvalue weighted by Crippen LogP contribution is -2.45. The highest BCUT2D eigenvalue weighted by Gasteiger charge is 2.47. The monoisotopic (exact) mass is 525 g/mol. The van der Waals surface area contributed by atoms with Gasteiger partial charge in [-0.3, -0.25) is 19.8 Å². The van der Waals surface area contributed by atoms with Crippen LogP contribution in [0.5, 0.6) is 11.5 Å². The largest absolute Gasteiger partial charge is 0.490 e. The SMILES string of the molecule is CCOc1cc2c(c(F)c1OCC)C(=N)N(CC(=O)c1ccc3c(c1)C(C)(C)C(CC(=O)O)N3C(C)=O)C2. The molecule has 0 saturated heterocycles. The molecule has 2 heterocycles. The van der Waals surface area contributed by atoms with Crippen LogP contribution in [0.2, 0.25) is 0 Å². The fourth-order valence-electron chi connectivity index (χ4n) is 5.43. The summed E-state index contributed by atoms with van der Waals surface area (Å²) in [5.41, 5.74) is 1.58. The van der Waals surface area contributed by atoms with E-state index in [2.05, 4.69) is 0 Å². The third-order valence-corrected chi connectivity index (χ3v) is 7.23. The van der Waals surface area contributed by atoms with E-state index in [1.807, 2.05) is 13.8 Å². The van der Waals surface area contributed by atoms with Crippen LogP contribution in [0.15, 0.2) is 24.3 Å². The number of benzene rings is 2. The molecule has 0 aliphatic carbocycles. The number of hydrogen-bond donors (Lipinski definition) is 2. The number of fused-ring (bicyclic) bond motifs is 2. The number of carboxylic acids is 1. The summed E-state index contributed by atoms with van der Waals surface area (Å²) < 4.78 is 26.4. The van der Waals surface area contributed by atoms with Gasteiger partial charge in [0.2, 0.25) is 5.91 Å². The number of aliphatic carboxylic acids is 1. The highest BCUT2D eigenvalue weighted by Crippen LogP contribution is 2.47. The van der Waals surface area contributed by atoms with Crippen LogP contribution >= 0.6 is 0 Å². The third-order valence-electron chi connectivity index (χ3n) is 7.23. The summed E-state index contributed by atoms with van der Waals surface area (Å²) in [6.45, 7) is 9.18. The van der Waals surface area contributed by atoms with Crippen molar-refractivity contribution in [2.24, 2.45) is 0 Å². The van der Waals surface area contributed by atoms with E-state index in [-0.39, 0.29) is 60.7 Å². The summed E-state index contributed by atoms with van der Waals surface area (Å²) in [5, 5.41) is 18.0. The molecular formula is C28H32FN3O6. The van der Waals surface area contributed by atoms with Crippen LogP contribution < -0.4 is 14.4 Å². The lowest BCUT2D eigenvalue weighted by Gasteiger charge is -2.31. The number of nitrogens with zero attached hydrogens (tertiary/aromatic N) is 2. The zero-order valence-corrected chi connectivity index (χ0v) is 22.2. The van der Waals surface area contributed by atoms with Crippen LogP contribution in [0.4, 0.5) is 10.1 Å². The Kier molecular flexibility index (Phi) is 7.18. The summed E-state index contributed by atoms with van der Waals surface area (Å²) in [7, 11) is 0. The van der Waals surface area contributed by atoms with E-state index in [1.165, 1.54) is 16.7 Å². The van der Waals surface area contributed by atoms with Gasteiger partial charge in [-0.2, -0.15) is 0 Å². The number of Topliss-reactive ketones (excluding diaryl/α,β-unsaturated/α-hetero) is 1. The number of hydrogen-bond acceptors (Lipinski definition) is 6. The van der Waals surface area contributed by atoms with Gasteiger partial charge in [-0.05, 0) is 49.2 Å². The molecule has 2 aliphatic rings. The first-order chi connectivity index (χ1) is 17.9. The van der Waals surface area contributed by atoms with E-state index < -0.39 is 23.2 Å². The molecule has 2 aromatic carbocycles. The van der Waals surface area contributed by atoms with E-state index in [4.69, 9.17) is 14.9 Å². The highest BCUT2D eigenvalue weighted by molar-refractivity contribution is 6.06. The van der Waals surface area contributed by atoms with Crippen LogP contribution in [0.3, 0.4) is 0 Å². The van der Waals surface area contributed by atoms with Crippen molar-refractivity contribution in [3.8, 4) is 11.5 Å². The topological polar surface area (TPSA) is 120 Å². The van der Waals surface area contributed by atoms with Gasteiger partial charge in [-0.15, -0.1) is 0 Å². The van der Waals surface area contributed by atoms with Crippen LogP contribution in [0, 0.1) is 11.2 Å². The lowest BCUT2D eigenvalue weighted by atomic mass is 9.78. The number of nitrogens with one attached hydrogen (secondary N) is 1. The average molecular weight is 526 g/mol. The van der Waals surface area contributed by atoms with Crippen molar-refractivity contribution in [3.63, 3.8) is 0 Å². The second-order valence-electron chi connectivity index (χ2n) is 10.0. The Morgan fingerprint density at radius 1 is 1.16 bits per heavy atom. The number of amidine groups is 1. The normalized spacial score (nSPS) is 17.3. The molecule has 9 nitrogen and oxygen atoms in total. The summed E-state index contributed by atoms with van der Waals surface area (Å²) >= 11 is 0.